The lowest BCUT2D eigenvalue weighted by molar-refractivity contribution is -0.138. The Morgan fingerprint density at radius 1 is 1.35 bits per heavy atom. The summed E-state index contributed by atoms with van der Waals surface area (Å²) in [5.41, 5.74) is -0.437. The van der Waals surface area contributed by atoms with Crippen LogP contribution in [0.15, 0.2) is 24.3 Å². The minimum atomic E-state index is -4.45. The first kappa shape index (κ1) is 14.5. The number of carbonyl (C=O) groups is 1. The van der Waals surface area contributed by atoms with Gasteiger partial charge in [-0.05, 0) is 30.2 Å². The average Bonchev–Trinajstić information content (AvgIpc) is 2.70. The summed E-state index contributed by atoms with van der Waals surface area (Å²) in [5.74, 6) is 0. The summed E-state index contributed by atoms with van der Waals surface area (Å²) in [6.07, 6.45) is -4.45. The van der Waals surface area contributed by atoms with E-state index in [2.05, 4.69) is 10.3 Å². The van der Waals surface area contributed by atoms with Gasteiger partial charge in [0.05, 0.1) is 17.8 Å². The molecule has 0 saturated heterocycles. The highest BCUT2D eigenvalue weighted by Gasteiger charge is 2.33. The van der Waals surface area contributed by atoms with E-state index in [4.69, 9.17) is 11.6 Å². The van der Waals surface area contributed by atoms with Crippen LogP contribution in [0.4, 0.5) is 13.2 Å². The number of rotatable bonds is 3. The molecule has 0 aliphatic rings. The van der Waals surface area contributed by atoms with E-state index >= 15 is 0 Å². The van der Waals surface area contributed by atoms with E-state index in [1.165, 1.54) is 29.8 Å². The van der Waals surface area contributed by atoms with Gasteiger partial charge in [0, 0.05) is 0 Å². The maximum atomic E-state index is 12.9. The minimum Gasteiger partial charge on any atom is -0.274 e. The molecule has 1 heterocycles. The van der Waals surface area contributed by atoms with E-state index in [0.29, 0.717) is 5.69 Å². The number of nitrogens with zero attached hydrogens (tertiary/aromatic N) is 3. The second kappa shape index (κ2) is 5.24. The van der Waals surface area contributed by atoms with Crippen molar-refractivity contribution in [3.05, 3.63) is 46.8 Å². The standard InChI is InChI=1S/C12H9ClF3N3O/c1-7-10(11(13)20)17-18-19(7)6-8-4-2-3-5-9(8)12(14,15)16/h2-5H,6H2,1H3. The molecule has 106 valence electrons. The lowest BCUT2D eigenvalue weighted by atomic mass is 10.1. The zero-order chi connectivity index (χ0) is 14.9. The first-order valence-electron chi connectivity index (χ1n) is 5.55. The third-order valence-corrected chi connectivity index (χ3v) is 2.99. The van der Waals surface area contributed by atoms with Gasteiger partial charge in [0.1, 0.15) is 0 Å². The highest BCUT2D eigenvalue weighted by atomic mass is 35.5. The van der Waals surface area contributed by atoms with Crippen molar-refractivity contribution in [1.82, 2.24) is 15.0 Å². The minimum absolute atomic E-state index is 0.0431. The number of hydrogen-bond donors (Lipinski definition) is 0. The van der Waals surface area contributed by atoms with Crippen molar-refractivity contribution in [3.63, 3.8) is 0 Å². The van der Waals surface area contributed by atoms with Crippen LogP contribution < -0.4 is 0 Å². The van der Waals surface area contributed by atoms with Crippen LogP contribution in [-0.4, -0.2) is 20.2 Å². The summed E-state index contributed by atoms with van der Waals surface area (Å²) in [5, 5.41) is 6.41. The maximum absolute atomic E-state index is 12.9. The third kappa shape index (κ3) is 2.82. The first-order valence-corrected chi connectivity index (χ1v) is 5.93. The predicted octanol–water partition coefficient (Wildman–Crippen LogP) is 3.03. The van der Waals surface area contributed by atoms with Crippen molar-refractivity contribution in [1.29, 1.82) is 0 Å². The van der Waals surface area contributed by atoms with Crippen LogP contribution in [0.3, 0.4) is 0 Å². The van der Waals surface area contributed by atoms with Gasteiger partial charge in [-0.15, -0.1) is 5.10 Å². The molecule has 0 bridgehead atoms. The second-order valence-electron chi connectivity index (χ2n) is 4.11. The van der Waals surface area contributed by atoms with Crippen LogP contribution in [0, 0.1) is 6.92 Å². The van der Waals surface area contributed by atoms with Gasteiger partial charge in [0.15, 0.2) is 5.69 Å². The van der Waals surface area contributed by atoms with Gasteiger partial charge in [-0.2, -0.15) is 13.2 Å². The van der Waals surface area contributed by atoms with E-state index in [-0.39, 0.29) is 17.8 Å². The van der Waals surface area contributed by atoms with E-state index in [0.717, 1.165) is 6.07 Å². The monoisotopic (exact) mass is 303 g/mol. The molecular weight excluding hydrogens is 295 g/mol. The van der Waals surface area contributed by atoms with E-state index < -0.39 is 17.0 Å². The van der Waals surface area contributed by atoms with Crippen molar-refractivity contribution in [3.8, 4) is 0 Å². The number of aromatic nitrogens is 3. The van der Waals surface area contributed by atoms with Gasteiger partial charge in [-0.25, -0.2) is 4.68 Å². The lowest BCUT2D eigenvalue weighted by Gasteiger charge is -2.12. The molecule has 0 amide bonds. The van der Waals surface area contributed by atoms with E-state index in [9.17, 15) is 18.0 Å². The molecule has 0 aliphatic carbocycles. The zero-order valence-electron chi connectivity index (χ0n) is 10.3. The Kier molecular flexibility index (Phi) is 3.80. The molecular formula is C12H9ClF3N3O. The van der Waals surface area contributed by atoms with Gasteiger partial charge in [0.2, 0.25) is 0 Å². The summed E-state index contributed by atoms with van der Waals surface area (Å²) < 4.78 is 39.8. The summed E-state index contributed by atoms with van der Waals surface area (Å²) in [4.78, 5) is 11.0. The summed E-state index contributed by atoms with van der Waals surface area (Å²) >= 11 is 5.29. The predicted molar refractivity (Wildman–Crippen MR) is 65.5 cm³/mol. The van der Waals surface area contributed by atoms with E-state index in [1.54, 1.807) is 0 Å². The third-order valence-electron chi connectivity index (χ3n) is 2.81. The first-order chi connectivity index (χ1) is 9.30. The van der Waals surface area contributed by atoms with Crippen LogP contribution in [-0.2, 0) is 12.7 Å². The number of alkyl halides is 3. The molecule has 1 aromatic heterocycles. The fourth-order valence-electron chi connectivity index (χ4n) is 1.79. The normalized spacial score (nSPS) is 11.7. The second-order valence-corrected chi connectivity index (χ2v) is 4.45. The fourth-order valence-corrected chi connectivity index (χ4v) is 1.96. The maximum Gasteiger partial charge on any atom is 0.416 e. The molecule has 0 fully saturated rings. The summed E-state index contributed by atoms with van der Waals surface area (Å²) in [6.45, 7) is 1.38. The van der Waals surface area contributed by atoms with Gasteiger partial charge in [-0.1, -0.05) is 23.4 Å². The zero-order valence-corrected chi connectivity index (χ0v) is 11.0. The average molecular weight is 304 g/mol. The molecule has 0 N–H and O–H groups in total. The highest BCUT2D eigenvalue weighted by Crippen LogP contribution is 2.32. The Morgan fingerprint density at radius 3 is 2.55 bits per heavy atom. The molecule has 2 aromatic rings. The molecule has 0 unspecified atom stereocenters. The highest BCUT2D eigenvalue weighted by molar-refractivity contribution is 6.67. The number of carbonyl (C=O) groups excluding carboxylic acids is 1. The van der Waals surface area contributed by atoms with Crippen LogP contribution >= 0.6 is 11.6 Å². The summed E-state index contributed by atoms with van der Waals surface area (Å²) in [7, 11) is 0. The van der Waals surface area contributed by atoms with Gasteiger partial charge in [0.25, 0.3) is 5.24 Å². The SMILES string of the molecule is Cc1c(C(=O)Cl)nnn1Cc1ccccc1C(F)(F)F. The number of halogens is 4. The topological polar surface area (TPSA) is 47.8 Å². The molecule has 8 heteroatoms. The summed E-state index contributed by atoms with van der Waals surface area (Å²) in [6, 6.07) is 5.17. The van der Waals surface area contributed by atoms with Crippen LogP contribution in [0.1, 0.15) is 27.3 Å². The molecule has 4 nitrogen and oxygen atoms in total. The Bertz CT molecular complexity index is 652. The van der Waals surface area contributed by atoms with Crippen molar-refractivity contribution in [2.75, 3.05) is 0 Å². The molecule has 20 heavy (non-hydrogen) atoms. The van der Waals surface area contributed by atoms with Crippen molar-refractivity contribution in [2.45, 2.75) is 19.6 Å². The molecule has 0 spiro atoms. The van der Waals surface area contributed by atoms with Crippen molar-refractivity contribution >= 4 is 16.8 Å². The smallest absolute Gasteiger partial charge is 0.274 e. The van der Waals surface area contributed by atoms with Crippen LogP contribution in [0.5, 0.6) is 0 Å². The Hall–Kier alpha value is -1.89. The van der Waals surface area contributed by atoms with Crippen LogP contribution in [0.2, 0.25) is 0 Å². The largest absolute Gasteiger partial charge is 0.416 e. The fraction of sp³-hybridized carbons (Fsp3) is 0.250. The molecule has 0 saturated carbocycles. The molecule has 0 atom stereocenters. The number of hydrogen-bond acceptors (Lipinski definition) is 3. The Balaban J connectivity index is 2.39. The van der Waals surface area contributed by atoms with Gasteiger partial charge >= 0.3 is 6.18 Å². The lowest BCUT2D eigenvalue weighted by Crippen LogP contribution is -2.13. The van der Waals surface area contributed by atoms with Crippen LogP contribution in [0.25, 0.3) is 0 Å². The number of benzene rings is 1. The molecule has 0 radical (unpaired) electrons. The molecule has 1 aromatic carbocycles. The van der Waals surface area contributed by atoms with Crippen molar-refractivity contribution < 1.29 is 18.0 Å². The quantitative estimate of drug-likeness (QED) is 0.819. The van der Waals surface area contributed by atoms with Gasteiger partial charge < -0.3 is 0 Å². The van der Waals surface area contributed by atoms with Crippen molar-refractivity contribution in [2.24, 2.45) is 0 Å². The van der Waals surface area contributed by atoms with E-state index in [1.807, 2.05) is 0 Å². The Labute approximate surface area is 117 Å². The van der Waals surface area contributed by atoms with Gasteiger partial charge in [-0.3, -0.25) is 4.79 Å². The molecule has 2 rings (SSSR count). The Morgan fingerprint density at radius 2 is 2.00 bits per heavy atom. The molecule has 0 aliphatic heterocycles.